The van der Waals surface area contributed by atoms with E-state index in [1.165, 1.54) is 0 Å². The highest BCUT2D eigenvalue weighted by Crippen LogP contribution is 2.33. The van der Waals surface area contributed by atoms with Gasteiger partial charge in [0.05, 0.1) is 12.1 Å². The third-order valence-electron chi connectivity index (χ3n) is 4.59. The average Bonchev–Trinajstić information content (AvgIpc) is 3.06. The summed E-state index contributed by atoms with van der Waals surface area (Å²) in [6.45, 7) is 3.79. The van der Waals surface area contributed by atoms with E-state index in [4.69, 9.17) is 10.7 Å². The number of carbonyl (C=O) groups is 1. The molecule has 0 saturated carbocycles. The molecule has 4 rings (SSSR count). The molecule has 0 bridgehead atoms. The van der Waals surface area contributed by atoms with E-state index in [9.17, 15) is 4.79 Å². The Kier molecular flexibility index (Phi) is 4.49. The van der Waals surface area contributed by atoms with Crippen LogP contribution in [0.1, 0.15) is 19.7 Å². The predicted octanol–water partition coefficient (Wildman–Crippen LogP) is 3.80. The monoisotopic (exact) mass is 373 g/mol. The number of carbonyl (C=O) groups excluding carboxylic acids is 1. The quantitative estimate of drug-likeness (QED) is 0.729. The van der Waals surface area contributed by atoms with Crippen LogP contribution in [0.5, 0.6) is 0 Å². The van der Waals surface area contributed by atoms with Gasteiger partial charge in [-0.2, -0.15) is 0 Å². The number of nitrogens with zero attached hydrogens (tertiary/aromatic N) is 3. The molecule has 0 fully saturated rings. The molecule has 142 valence electrons. The molecule has 0 atom stereocenters. The van der Waals surface area contributed by atoms with Gasteiger partial charge in [0.2, 0.25) is 5.91 Å². The van der Waals surface area contributed by atoms with Gasteiger partial charge in [-0.25, -0.2) is 4.98 Å². The number of rotatable bonds is 4. The summed E-state index contributed by atoms with van der Waals surface area (Å²) in [5.41, 5.74) is 7.87. The molecule has 6 nitrogen and oxygen atoms in total. The maximum Gasteiger partial charge on any atom is 0.246 e. The molecule has 0 radical (unpaired) electrons. The number of benzene rings is 2. The van der Waals surface area contributed by atoms with E-state index >= 15 is 0 Å². The molecule has 0 spiro atoms. The lowest BCUT2D eigenvalue weighted by atomic mass is 10.1. The number of anilines is 2. The lowest BCUT2D eigenvalue weighted by Crippen LogP contribution is -2.49. The lowest BCUT2D eigenvalue weighted by molar-refractivity contribution is -0.133. The molecule has 0 saturated heterocycles. The van der Waals surface area contributed by atoms with Crippen LogP contribution in [0.15, 0.2) is 66.9 Å². The van der Waals surface area contributed by atoms with Crippen molar-refractivity contribution in [2.45, 2.75) is 25.9 Å². The van der Waals surface area contributed by atoms with E-state index in [0.29, 0.717) is 6.54 Å². The van der Waals surface area contributed by atoms with E-state index in [0.717, 1.165) is 28.6 Å². The van der Waals surface area contributed by atoms with Crippen LogP contribution in [-0.4, -0.2) is 25.9 Å². The smallest absolute Gasteiger partial charge is 0.246 e. The lowest BCUT2D eigenvalue weighted by Gasteiger charge is -2.28. The zero-order chi connectivity index (χ0) is 19.7. The maximum absolute atomic E-state index is 12.6. The minimum absolute atomic E-state index is 0.142. The highest BCUT2D eigenvalue weighted by Gasteiger charge is 2.30. The number of amides is 1. The van der Waals surface area contributed by atoms with Crippen LogP contribution in [0, 0.1) is 0 Å². The maximum atomic E-state index is 12.6. The van der Waals surface area contributed by atoms with Crippen LogP contribution in [0.2, 0.25) is 0 Å². The first-order chi connectivity index (χ1) is 13.4. The SMILES string of the molecule is CC(C)(N)C(=O)N1C=Cn2c(nc(-c3ccccc3)c2Nc2ccccc2)C1. The van der Waals surface area contributed by atoms with E-state index in [1.54, 1.807) is 24.9 Å². The van der Waals surface area contributed by atoms with Crippen LogP contribution >= 0.6 is 0 Å². The molecule has 28 heavy (non-hydrogen) atoms. The first-order valence-corrected chi connectivity index (χ1v) is 9.20. The number of aromatic nitrogens is 2. The number of nitrogens with one attached hydrogen (secondary N) is 1. The Bertz CT molecular complexity index is 1020. The zero-order valence-electron chi connectivity index (χ0n) is 16.0. The molecule has 3 N–H and O–H groups in total. The van der Waals surface area contributed by atoms with Crippen molar-refractivity contribution in [3.63, 3.8) is 0 Å². The third-order valence-corrected chi connectivity index (χ3v) is 4.59. The highest BCUT2D eigenvalue weighted by molar-refractivity contribution is 5.87. The number of hydrogen-bond donors (Lipinski definition) is 2. The third kappa shape index (κ3) is 3.42. The van der Waals surface area contributed by atoms with E-state index in [2.05, 4.69) is 5.32 Å². The molecular weight excluding hydrogens is 350 g/mol. The van der Waals surface area contributed by atoms with Crippen molar-refractivity contribution in [1.29, 1.82) is 0 Å². The van der Waals surface area contributed by atoms with Crippen LogP contribution in [0.25, 0.3) is 17.5 Å². The second-order valence-corrected chi connectivity index (χ2v) is 7.41. The van der Waals surface area contributed by atoms with Gasteiger partial charge in [-0.3, -0.25) is 9.36 Å². The summed E-state index contributed by atoms with van der Waals surface area (Å²) in [5.74, 6) is 1.50. The number of nitrogens with two attached hydrogens (primary N) is 1. The molecule has 1 amide bonds. The fourth-order valence-electron chi connectivity index (χ4n) is 3.19. The molecule has 1 aromatic heterocycles. The Labute approximate surface area is 164 Å². The summed E-state index contributed by atoms with van der Waals surface area (Å²) in [4.78, 5) is 19.0. The Balaban J connectivity index is 1.76. The summed E-state index contributed by atoms with van der Waals surface area (Å²) in [7, 11) is 0. The van der Waals surface area contributed by atoms with Crippen molar-refractivity contribution in [3.05, 3.63) is 72.7 Å². The topological polar surface area (TPSA) is 76.2 Å². The molecule has 0 aliphatic carbocycles. The van der Waals surface area contributed by atoms with Crippen molar-refractivity contribution in [2.24, 2.45) is 5.73 Å². The van der Waals surface area contributed by atoms with Crippen LogP contribution in [0.4, 0.5) is 11.5 Å². The normalized spacial score (nSPS) is 13.3. The Morgan fingerprint density at radius 1 is 1.04 bits per heavy atom. The van der Waals surface area contributed by atoms with Crippen molar-refractivity contribution in [3.8, 4) is 11.3 Å². The van der Waals surface area contributed by atoms with Gasteiger partial charge >= 0.3 is 0 Å². The molecule has 2 heterocycles. The molecule has 3 aromatic rings. The molecule has 2 aromatic carbocycles. The fraction of sp³-hybridized carbons (Fsp3) is 0.182. The van der Waals surface area contributed by atoms with Gasteiger partial charge in [-0.15, -0.1) is 0 Å². The molecule has 1 aliphatic heterocycles. The van der Waals surface area contributed by atoms with Crippen molar-refractivity contribution >= 4 is 23.6 Å². The van der Waals surface area contributed by atoms with Gasteiger partial charge in [0.25, 0.3) is 0 Å². The van der Waals surface area contributed by atoms with Crippen LogP contribution in [0.3, 0.4) is 0 Å². The molecular formula is C22H23N5O. The largest absolute Gasteiger partial charge is 0.339 e. The Morgan fingerprint density at radius 3 is 2.32 bits per heavy atom. The minimum Gasteiger partial charge on any atom is -0.339 e. The minimum atomic E-state index is -0.938. The Hall–Kier alpha value is -3.38. The summed E-state index contributed by atoms with van der Waals surface area (Å²) in [6, 6.07) is 20.0. The number of imidazole rings is 1. The average molecular weight is 373 g/mol. The predicted molar refractivity (Wildman–Crippen MR) is 112 cm³/mol. The summed E-state index contributed by atoms with van der Waals surface area (Å²) in [5, 5.41) is 3.47. The van der Waals surface area contributed by atoms with Gasteiger partial charge in [-0.05, 0) is 26.0 Å². The second-order valence-electron chi connectivity index (χ2n) is 7.41. The van der Waals surface area contributed by atoms with E-state index < -0.39 is 5.54 Å². The van der Waals surface area contributed by atoms with Crippen LogP contribution in [-0.2, 0) is 11.3 Å². The first kappa shape index (κ1) is 18.0. The van der Waals surface area contributed by atoms with Crippen molar-refractivity contribution in [1.82, 2.24) is 14.5 Å². The number of hydrogen-bond acceptors (Lipinski definition) is 4. The molecule has 6 heteroatoms. The number of para-hydroxylation sites is 1. The molecule has 0 unspecified atom stereocenters. The fourth-order valence-corrected chi connectivity index (χ4v) is 3.19. The summed E-state index contributed by atoms with van der Waals surface area (Å²) >= 11 is 0. The molecule has 1 aliphatic rings. The van der Waals surface area contributed by atoms with Gasteiger partial charge in [0.15, 0.2) is 0 Å². The highest BCUT2D eigenvalue weighted by atomic mass is 16.2. The Morgan fingerprint density at radius 2 is 1.68 bits per heavy atom. The summed E-state index contributed by atoms with van der Waals surface area (Å²) in [6.07, 6.45) is 3.61. The van der Waals surface area contributed by atoms with Gasteiger partial charge in [0, 0.05) is 23.7 Å². The second kappa shape index (κ2) is 6.98. The van der Waals surface area contributed by atoms with E-state index in [-0.39, 0.29) is 5.91 Å². The van der Waals surface area contributed by atoms with Crippen LogP contribution < -0.4 is 11.1 Å². The van der Waals surface area contributed by atoms with Crippen molar-refractivity contribution in [2.75, 3.05) is 5.32 Å². The number of fused-ring (bicyclic) bond motifs is 1. The van der Waals surface area contributed by atoms with Gasteiger partial charge in [-0.1, -0.05) is 48.5 Å². The van der Waals surface area contributed by atoms with Crippen molar-refractivity contribution < 1.29 is 4.79 Å². The zero-order valence-corrected chi connectivity index (χ0v) is 16.0. The summed E-state index contributed by atoms with van der Waals surface area (Å²) < 4.78 is 1.99. The standard InChI is InChI=1S/C22H23N5O/c1-22(2,23)21(28)26-13-14-27-18(15-26)25-19(16-9-5-3-6-10-16)20(27)24-17-11-7-4-8-12-17/h3-14,24H,15,23H2,1-2H3. The van der Waals surface area contributed by atoms with Gasteiger partial charge in [0.1, 0.15) is 17.3 Å². The van der Waals surface area contributed by atoms with E-state index in [1.807, 2.05) is 71.4 Å². The first-order valence-electron chi connectivity index (χ1n) is 9.20. The van der Waals surface area contributed by atoms with Gasteiger partial charge < -0.3 is 16.0 Å².